The quantitative estimate of drug-likeness (QED) is 0.460. The molecule has 1 aromatic carbocycles. The maximum Gasteiger partial charge on any atom is 0.269 e. The molecule has 17 heavy (non-hydrogen) atoms. The molecule has 86 valence electrons. The summed E-state index contributed by atoms with van der Waals surface area (Å²) in [5.74, 6) is 0.146. The Balaban J connectivity index is 2.09. The standard InChI is InChI=1S/C12H9NO4/c14-11(12-2-1-7-17-12)8-9-3-5-10(6-4-9)13(15)16/h1-7H,8H2. The maximum atomic E-state index is 11.7. The topological polar surface area (TPSA) is 73.3 Å². The summed E-state index contributed by atoms with van der Waals surface area (Å²) in [4.78, 5) is 21.6. The number of hydrogen-bond donors (Lipinski definition) is 0. The van der Waals surface area contributed by atoms with Gasteiger partial charge in [0.05, 0.1) is 11.2 Å². The van der Waals surface area contributed by atoms with Gasteiger partial charge in [-0.3, -0.25) is 14.9 Å². The molecule has 0 aliphatic rings. The van der Waals surface area contributed by atoms with Crippen LogP contribution in [0.15, 0.2) is 47.1 Å². The van der Waals surface area contributed by atoms with Crippen LogP contribution in [0.1, 0.15) is 16.1 Å². The van der Waals surface area contributed by atoms with E-state index in [9.17, 15) is 14.9 Å². The van der Waals surface area contributed by atoms with E-state index in [0.717, 1.165) is 5.56 Å². The summed E-state index contributed by atoms with van der Waals surface area (Å²) >= 11 is 0. The van der Waals surface area contributed by atoms with E-state index in [1.807, 2.05) is 0 Å². The molecule has 2 rings (SSSR count). The van der Waals surface area contributed by atoms with Crippen molar-refractivity contribution in [3.8, 4) is 0 Å². The lowest BCUT2D eigenvalue weighted by Gasteiger charge is -1.98. The highest BCUT2D eigenvalue weighted by molar-refractivity contribution is 5.94. The first-order chi connectivity index (χ1) is 8.16. The average molecular weight is 231 g/mol. The van der Waals surface area contributed by atoms with Crippen molar-refractivity contribution in [2.24, 2.45) is 0 Å². The zero-order chi connectivity index (χ0) is 12.3. The zero-order valence-corrected chi connectivity index (χ0v) is 8.83. The van der Waals surface area contributed by atoms with Gasteiger partial charge in [0, 0.05) is 18.6 Å². The Hall–Kier alpha value is -2.43. The minimum atomic E-state index is -0.474. The van der Waals surface area contributed by atoms with Gasteiger partial charge in [0.15, 0.2) is 5.76 Å². The van der Waals surface area contributed by atoms with Crippen LogP contribution < -0.4 is 0 Å². The van der Waals surface area contributed by atoms with Gasteiger partial charge in [0.25, 0.3) is 5.69 Å². The number of nitrogens with zero attached hydrogens (tertiary/aromatic N) is 1. The fraction of sp³-hybridized carbons (Fsp3) is 0.0833. The number of Topliss-reactive ketones (excluding diaryl/α,β-unsaturated/α-hetero) is 1. The normalized spacial score (nSPS) is 10.1. The van der Waals surface area contributed by atoms with Crippen LogP contribution in [0.3, 0.4) is 0 Å². The van der Waals surface area contributed by atoms with E-state index in [-0.39, 0.29) is 17.9 Å². The lowest BCUT2D eigenvalue weighted by atomic mass is 10.1. The number of nitro groups is 1. The first-order valence-corrected chi connectivity index (χ1v) is 4.97. The minimum absolute atomic E-state index is 0.0131. The van der Waals surface area contributed by atoms with E-state index in [2.05, 4.69) is 0 Å². The first kappa shape index (κ1) is 11.1. The second kappa shape index (κ2) is 4.61. The number of non-ortho nitro benzene ring substituents is 1. The van der Waals surface area contributed by atoms with Crippen molar-refractivity contribution >= 4 is 11.5 Å². The van der Waals surface area contributed by atoms with Crippen molar-refractivity contribution < 1.29 is 14.1 Å². The van der Waals surface area contributed by atoms with Crippen LogP contribution in [0.4, 0.5) is 5.69 Å². The van der Waals surface area contributed by atoms with Gasteiger partial charge in [-0.15, -0.1) is 0 Å². The van der Waals surface area contributed by atoms with Crippen LogP contribution in [-0.2, 0) is 6.42 Å². The lowest BCUT2D eigenvalue weighted by Crippen LogP contribution is -2.02. The van der Waals surface area contributed by atoms with Gasteiger partial charge < -0.3 is 4.42 Å². The summed E-state index contributed by atoms with van der Waals surface area (Å²) in [7, 11) is 0. The van der Waals surface area contributed by atoms with Gasteiger partial charge in [-0.2, -0.15) is 0 Å². The van der Waals surface area contributed by atoms with Crippen molar-refractivity contribution in [3.63, 3.8) is 0 Å². The number of carbonyl (C=O) groups excluding carboxylic acids is 1. The molecule has 0 fully saturated rings. The number of hydrogen-bond acceptors (Lipinski definition) is 4. The molecule has 0 aliphatic heterocycles. The Kier molecular flexibility index (Phi) is 3.00. The zero-order valence-electron chi connectivity index (χ0n) is 8.83. The Labute approximate surface area is 96.8 Å². The Bertz CT molecular complexity index is 528. The molecule has 0 radical (unpaired) electrons. The Morgan fingerprint density at radius 1 is 1.24 bits per heavy atom. The van der Waals surface area contributed by atoms with Crippen LogP contribution in [0.2, 0.25) is 0 Å². The summed E-state index contributed by atoms with van der Waals surface area (Å²) in [5, 5.41) is 10.4. The molecular weight excluding hydrogens is 222 g/mol. The predicted molar refractivity (Wildman–Crippen MR) is 59.8 cm³/mol. The third-order valence-electron chi connectivity index (χ3n) is 2.31. The second-order valence-electron chi connectivity index (χ2n) is 3.50. The number of carbonyl (C=O) groups is 1. The van der Waals surface area contributed by atoms with Crippen LogP contribution in [0.25, 0.3) is 0 Å². The molecule has 0 saturated heterocycles. The molecule has 0 atom stereocenters. The van der Waals surface area contributed by atoms with Crippen molar-refractivity contribution in [1.82, 2.24) is 0 Å². The summed E-state index contributed by atoms with van der Waals surface area (Å²) in [6, 6.07) is 9.13. The number of nitro benzene ring substituents is 1. The fourth-order valence-corrected chi connectivity index (χ4v) is 1.45. The molecule has 5 nitrogen and oxygen atoms in total. The molecule has 0 saturated carbocycles. The van der Waals surface area contributed by atoms with Crippen LogP contribution in [0.5, 0.6) is 0 Å². The Morgan fingerprint density at radius 2 is 1.94 bits per heavy atom. The molecular formula is C12H9NO4. The molecule has 0 spiro atoms. The highest BCUT2D eigenvalue weighted by Crippen LogP contribution is 2.14. The fourth-order valence-electron chi connectivity index (χ4n) is 1.45. The monoisotopic (exact) mass is 231 g/mol. The lowest BCUT2D eigenvalue weighted by molar-refractivity contribution is -0.384. The van der Waals surface area contributed by atoms with Crippen LogP contribution in [-0.4, -0.2) is 10.7 Å². The number of ketones is 1. The molecule has 0 bridgehead atoms. The van der Waals surface area contributed by atoms with Crippen LogP contribution in [0, 0.1) is 10.1 Å². The summed E-state index contributed by atoms with van der Waals surface area (Å²) in [5.41, 5.74) is 0.733. The minimum Gasteiger partial charge on any atom is -0.461 e. The molecule has 1 aromatic heterocycles. The smallest absolute Gasteiger partial charge is 0.269 e. The van der Waals surface area contributed by atoms with E-state index in [1.54, 1.807) is 24.3 Å². The molecule has 0 unspecified atom stereocenters. The van der Waals surface area contributed by atoms with E-state index in [1.165, 1.54) is 18.4 Å². The third kappa shape index (κ3) is 2.57. The highest BCUT2D eigenvalue weighted by atomic mass is 16.6. The molecule has 0 amide bonds. The highest BCUT2D eigenvalue weighted by Gasteiger charge is 2.11. The molecule has 0 aliphatic carbocycles. The second-order valence-corrected chi connectivity index (χ2v) is 3.50. The SMILES string of the molecule is O=C(Cc1ccc([N+](=O)[O-])cc1)c1ccco1. The molecule has 0 N–H and O–H groups in total. The summed E-state index contributed by atoms with van der Waals surface area (Å²) in [6.45, 7) is 0. The number of rotatable bonds is 4. The summed E-state index contributed by atoms with van der Waals surface area (Å²) < 4.78 is 4.97. The molecule has 2 aromatic rings. The van der Waals surface area contributed by atoms with Crippen molar-refractivity contribution in [1.29, 1.82) is 0 Å². The first-order valence-electron chi connectivity index (χ1n) is 4.97. The van der Waals surface area contributed by atoms with Gasteiger partial charge in [0.1, 0.15) is 0 Å². The third-order valence-corrected chi connectivity index (χ3v) is 2.31. The van der Waals surface area contributed by atoms with Gasteiger partial charge >= 0.3 is 0 Å². The van der Waals surface area contributed by atoms with Gasteiger partial charge in [-0.05, 0) is 17.7 Å². The predicted octanol–water partition coefficient (Wildman–Crippen LogP) is 2.61. The number of benzene rings is 1. The average Bonchev–Trinajstić information content (AvgIpc) is 2.83. The molecule has 1 heterocycles. The van der Waals surface area contributed by atoms with Crippen molar-refractivity contribution in [2.75, 3.05) is 0 Å². The Morgan fingerprint density at radius 3 is 2.47 bits per heavy atom. The van der Waals surface area contributed by atoms with E-state index < -0.39 is 4.92 Å². The van der Waals surface area contributed by atoms with Crippen molar-refractivity contribution in [3.05, 3.63) is 64.1 Å². The number of furan rings is 1. The van der Waals surface area contributed by atoms with E-state index >= 15 is 0 Å². The van der Waals surface area contributed by atoms with E-state index in [4.69, 9.17) is 4.42 Å². The molecule has 5 heteroatoms. The maximum absolute atomic E-state index is 11.7. The van der Waals surface area contributed by atoms with Crippen LogP contribution >= 0.6 is 0 Å². The summed E-state index contributed by atoms with van der Waals surface area (Å²) in [6.07, 6.45) is 1.61. The van der Waals surface area contributed by atoms with E-state index in [0.29, 0.717) is 5.76 Å². The van der Waals surface area contributed by atoms with Gasteiger partial charge in [0.2, 0.25) is 5.78 Å². The van der Waals surface area contributed by atoms with Gasteiger partial charge in [-0.1, -0.05) is 12.1 Å². The van der Waals surface area contributed by atoms with Crippen molar-refractivity contribution in [2.45, 2.75) is 6.42 Å². The largest absolute Gasteiger partial charge is 0.461 e. The van der Waals surface area contributed by atoms with Gasteiger partial charge in [-0.25, -0.2) is 0 Å².